The van der Waals surface area contributed by atoms with Crippen LogP contribution in [0.15, 0.2) is 30.5 Å². The standard InChI is InChI=1S/C15H19N3O2S/c19-12(10-20-15-9-17-21-18-15)8-16-14-7-3-5-11-4-1-2-6-13(11)14/h1-2,4,6,9,12,14,16,19H,3,5,7-8,10H2. The predicted octanol–water partition coefficient (Wildman–Crippen LogP) is 1.95. The third-order valence-corrected chi connectivity index (χ3v) is 4.20. The van der Waals surface area contributed by atoms with Gasteiger partial charge in [0.05, 0.1) is 11.7 Å². The monoisotopic (exact) mass is 305 g/mol. The van der Waals surface area contributed by atoms with E-state index in [9.17, 15) is 5.11 Å². The minimum atomic E-state index is -0.555. The summed E-state index contributed by atoms with van der Waals surface area (Å²) in [6.07, 6.45) is 4.45. The van der Waals surface area contributed by atoms with Gasteiger partial charge in [0.2, 0.25) is 5.88 Å². The Morgan fingerprint density at radius 2 is 2.33 bits per heavy atom. The topological polar surface area (TPSA) is 67.3 Å². The summed E-state index contributed by atoms with van der Waals surface area (Å²) in [4.78, 5) is 0. The fourth-order valence-corrected chi connectivity index (χ4v) is 3.07. The molecule has 112 valence electrons. The molecule has 0 radical (unpaired) electrons. The Morgan fingerprint density at radius 3 is 3.19 bits per heavy atom. The zero-order valence-electron chi connectivity index (χ0n) is 11.7. The minimum Gasteiger partial charge on any atom is -0.473 e. The Bertz CT molecular complexity index is 562. The molecule has 3 rings (SSSR count). The molecule has 1 aliphatic carbocycles. The third kappa shape index (κ3) is 3.78. The second-order valence-corrected chi connectivity index (χ2v) is 5.82. The summed E-state index contributed by atoms with van der Waals surface area (Å²) in [5.74, 6) is 0.474. The van der Waals surface area contributed by atoms with Gasteiger partial charge in [-0.25, -0.2) is 0 Å². The minimum absolute atomic E-state index is 0.229. The normalized spacial score (nSPS) is 19.0. The molecular formula is C15H19N3O2S. The molecule has 1 aromatic carbocycles. The molecule has 6 heteroatoms. The van der Waals surface area contributed by atoms with E-state index in [1.54, 1.807) is 6.20 Å². The zero-order chi connectivity index (χ0) is 14.5. The van der Waals surface area contributed by atoms with Crippen LogP contribution in [0.5, 0.6) is 5.88 Å². The molecular weight excluding hydrogens is 286 g/mol. The van der Waals surface area contributed by atoms with Gasteiger partial charge in [0.1, 0.15) is 18.9 Å². The smallest absolute Gasteiger partial charge is 0.245 e. The van der Waals surface area contributed by atoms with E-state index in [-0.39, 0.29) is 6.61 Å². The molecule has 1 heterocycles. The Hall–Kier alpha value is -1.50. The quantitative estimate of drug-likeness (QED) is 0.854. The number of rotatable bonds is 6. The lowest BCUT2D eigenvalue weighted by molar-refractivity contribution is 0.101. The van der Waals surface area contributed by atoms with E-state index in [0.717, 1.165) is 24.6 Å². The summed E-state index contributed by atoms with van der Waals surface area (Å²) in [5.41, 5.74) is 2.78. The molecule has 2 aromatic rings. The Kier molecular flexibility index (Phi) is 4.80. The average molecular weight is 305 g/mol. The van der Waals surface area contributed by atoms with Crippen LogP contribution >= 0.6 is 11.7 Å². The lowest BCUT2D eigenvalue weighted by Gasteiger charge is -2.27. The molecule has 0 spiro atoms. The van der Waals surface area contributed by atoms with Gasteiger partial charge in [-0.3, -0.25) is 0 Å². The summed E-state index contributed by atoms with van der Waals surface area (Å²) in [7, 11) is 0. The number of fused-ring (bicyclic) bond motifs is 1. The van der Waals surface area contributed by atoms with Gasteiger partial charge in [-0.2, -0.15) is 4.37 Å². The molecule has 0 bridgehead atoms. The van der Waals surface area contributed by atoms with Gasteiger partial charge < -0.3 is 15.2 Å². The fourth-order valence-electron chi connectivity index (χ4n) is 2.70. The molecule has 0 fully saturated rings. The first-order valence-electron chi connectivity index (χ1n) is 7.22. The highest BCUT2D eigenvalue weighted by molar-refractivity contribution is 6.99. The molecule has 5 nitrogen and oxygen atoms in total. The van der Waals surface area contributed by atoms with Crippen molar-refractivity contribution in [2.75, 3.05) is 13.2 Å². The number of hydrogen-bond donors (Lipinski definition) is 2. The maximum absolute atomic E-state index is 9.99. The average Bonchev–Trinajstić information content (AvgIpc) is 3.04. The lowest BCUT2D eigenvalue weighted by Crippen LogP contribution is -2.35. The number of nitrogens with zero attached hydrogens (tertiary/aromatic N) is 2. The van der Waals surface area contributed by atoms with Crippen molar-refractivity contribution in [1.82, 2.24) is 14.1 Å². The van der Waals surface area contributed by atoms with E-state index in [4.69, 9.17) is 4.74 Å². The van der Waals surface area contributed by atoms with Crippen molar-refractivity contribution in [1.29, 1.82) is 0 Å². The van der Waals surface area contributed by atoms with E-state index in [1.807, 2.05) is 0 Å². The first-order valence-corrected chi connectivity index (χ1v) is 7.95. The van der Waals surface area contributed by atoms with Gasteiger partial charge in [0.15, 0.2) is 0 Å². The van der Waals surface area contributed by atoms with E-state index in [1.165, 1.54) is 17.5 Å². The zero-order valence-corrected chi connectivity index (χ0v) is 12.6. The Balaban J connectivity index is 1.49. The summed E-state index contributed by atoms with van der Waals surface area (Å²) in [5, 5.41) is 13.4. The van der Waals surface area contributed by atoms with Gasteiger partial charge in [-0.1, -0.05) is 24.3 Å². The van der Waals surface area contributed by atoms with Crippen LogP contribution in [-0.2, 0) is 6.42 Å². The molecule has 0 amide bonds. The molecule has 1 aromatic heterocycles. The first kappa shape index (κ1) is 14.4. The van der Waals surface area contributed by atoms with Crippen LogP contribution in [0, 0.1) is 0 Å². The SMILES string of the molecule is OC(CNC1CCCc2ccccc21)COc1cnsn1. The third-order valence-electron chi connectivity index (χ3n) is 3.73. The van der Waals surface area contributed by atoms with E-state index < -0.39 is 6.10 Å². The number of aryl methyl sites for hydroxylation is 1. The van der Waals surface area contributed by atoms with Crippen LogP contribution in [0.2, 0.25) is 0 Å². The second kappa shape index (κ2) is 6.98. The van der Waals surface area contributed by atoms with E-state index in [0.29, 0.717) is 18.5 Å². The molecule has 0 aliphatic heterocycles. The fraction of sp³-hybridized carbons (Fsp3) is 0.467. The van der Waals surface area contributed by atoms with E-state index >= 15 is 0 Å². The van der Waals surface area contributed by atoms with Crippen LogP contribution < -0.4 is 10.1 Å². The van der Waals surface area contributed by atoms with Gasteiger partial charge in [0.25, 0.3) is 0 Å². The Labute approximate surface area is 128 Å². The van der Waals surface area contributed by atoms with Crippen molar-refractivity contribution in [3.05, 3.63) is 41.6 Å². The van der Waals surface area contributed by atoms with Crippen LogP contribution in [-0.4, -0.2) is 33.1 Å². The van der Waals surface area contributed by atoms with Crippen molar-refractivity contribution in [2.24, 2.45) is 0 Å². The maximum Gasteiger partial charge on any atom is 0.245 e. The maximum atomic E-state index is 9.99. The number of benzene rings is 1. The molecule has 2 N–H and O–H groups in total. The molecule has 0 saturated carbocycles. The number of aromatic nitrogens is 2. The van der Waals surface area contributed by atoms with Crippen molar-refractivity contribution >= 4 is 11.7 Å². The number of ether oxygens (including phenoxy) is 1. The summed E-state index contributed by atoms with van der Waals surface area (Å²) in [6.45, 7) is 0.739. The highest BCUT2D eigenvalue weighted by Crippen LogP contribution is 2.29. The highest BCUT2D eigenvalue weighted by Gasteiger charge is 2.20. The molecule has 2 unspecified atom stereocenters. The molecule has 1 aliphatic rings. The van der Waals surface area contributed by atoms with Crippen molar-refractivity contribution in [3.8, 4) is 5.88 Å². The van der Waals surface area contributed by atoms with Crippen LogP contribution in [0.25, 0.3) is 0 Å². The van der Waals surface area contributed by atoms with Crippen LogP contribution in [0.1, 0.15) is 30.0 Å². The Morgan fingerprint density at radius 1 is 1.43 bits per heavy atom. The largest absolute Gasteiger partial charge is 0.473 e. The molecule has 2 atom stereocenters. The van der Waals surface area contributed by atoms with Gasteiger partial charge in [-0.15, -0.1) is 4.37 Å². The van der Waals surface area contributed by atoms with Gasteiger partial charge >= 0.3 is 0 Å². The number of hydrogen-bond acceptors (Lipinski definition) is 6. The molecule has 0 saturated heterocycles. The van der Waals surface area contributed by atoms with Crippen molar-refractivity contribution in [2.45, 2.75) is 31.4 Å². The number of aliphatic hydroxyl groups is 1. The summed E-state index contributed by atoms with van der Waals surface area (Å²) < 4.78 is 13.2. The van der Waals surface area contributed by atoms with Gasteiger partial charge in [-0.05, 0) is 30.4 Å². The number of aliphatic hydroxyl groups excluding tert-OH is 1. The summed E-state index contributed by atoms with van der Waals surface area (Å²) in [6, 6.07) is 8.86. The van der Waals surface area contributed by atoms with Crippen LogP contribution in [0.3, 0.4) is 0 Å². The van der Waals surface area contributed by atoms with Crippen LogP contribution in [0.4, 0.5) is 0 Å². The molecule has 21 heavy (non-hydrogen) atoms. The highest BCUT2D eigenvalue weighted by atomic mass is 32.1. The predicted molar refractivity (Wildman–Crippen MR) is 81.5 cm³/mol. The first-order chi connectivity index (χ1) is 10.3. The summed E-state index contributed by atoms with van der Waals surface area (Å²) >= 11 is 1.10. The number of nitrogens with one attached hydrogen (secondary N) is 1. The lowest BCUT2D eigenvalue weighted by atomic mass is 9.88. The second-order valence-electron chi connectivity index (χ2n) is 5.26. The van der Waals surface area contributed by atoms with Crippen molar-refractivity contribution < 1.29 is 9.84 Å². The van der Waals surface area contributed by atoms with Crippen molar-refractivity contribution in [3.63, 3.8) is 0 Å². The van der Waals surface area contributed by atoms with E-state index in [2.05, 4.69) is 38.3 Å². The van der Waals surface area contributed by atoms with Gasteiger partial charge in [0, 0.05) is 12.6 Å².